The number of hydrogen-bond donors (Lipinski definition) is 1. The fraction of sp³-hybridized carbons (Fsp3) is 0.800. The molecule has 1 aromatic rings. The minimum absolute atomic E-state index is 0.309. The molecule has 20 heavy (non-hydrogen) atoms. The van der Waals surface area contributed by atoms with Gasteiger partial charge in [0.05, 0.1) is 27.1 Å². The van der Waals surface area contributed by atoms with Crippen molar-refractivity contribution in [3.63, 3.8) is 0 Å². The average molecular weight is 345 g/mol. The molecule has 0 radical (unpaired) electrons. The van der Waals surface area contributed by atoms with Gasteiger partial charge in [-0.25, -0.2) is 0 Å². The third-order valence-electron chi connectivity index (χ3n) is 4.28. The molecule has 1 saturated heterocycles. The summed E-state index contributed by atoms with van der Waals surface area (Å²) in [5.74, 6) is 0. The molecule has 5 heteroatoms. The summed E-state index contributed by atoms with van der Waals surface area (Å²) in [6, 6.07) is 0. The van der Waals surface area contributed by atoms with Gasteiger partial charge >= 0.3 is 0 Å². The minimum atomic E-state index is -0.890. The van der Waals surface area contributed by atoms with E-state index in [1.165, 1.54) is 0 Å². The number of hydrogen-bond acceptors (Lipinski definition) is 3. The minimum Gasteiger partial charge on any atom is -0.386 e. The van der Waals surface area contributed by atoms with Crippen molar-refractivity contribution < 1.29 is 9.84 Å². The van der Waals surface area contributed by atoms with Crippen LogP contribution < -0.4 is 0 Å². The SMILES string of the molecule is CCn1nc(C)c(Br)c1CC1(O)CC(C)(C)OC1(C)C. The first kappa shape index (κ1) is 16.0. The molecule has 2 rings (SSSR count). The fourth-order valence-corrected chi connectivity index (χ4v) is 3.75. The van der Waals surface area contributed by atoms with Gasteiger partial charge in [0.1, 0.15) is 5.60 Å². The summed E-state index contributed by atoms with van der Waals surface area (Å²) in [7, 11) is 0. The van der Waals surface area contributed by atoms with Crippen molar-refractivity contribution in [2.45, 2.75) is 77.7 Å². The third kappa shape index (κ3) is 2.55. The van der Waals surface area contributed by atoms with Crippen molar-refractivity contribution in [3.8, 4) is 0 Å². The van der Waals surface area contributed by atoms with E-state index in [2.05, 4.69) is 28.0 Å². The molecule has 1 fully saturated rings. The third-order valence-corrected chi connectivity index (χ3v) is 5.31. The Kier molecular flexibility index (Phi) is 3.85. The lowest BCUT2D eigenvalue weighted by Gasteiger charge is -2.35. The molecule has 0 amide bonds. The highest BCUT2D eigenvalue weighted by Crippen LogP contribution is 2.47. The average Bonchev–Trinajstić information content (AvgIpc) is 2.62. The number of aliphatic hydroxyl groups is 1. The summed E-state index contributed by atoms with van der Waals surface area (Å²) in [6.07, 6.45) is 1.16. The monoisotopic (exact) mass is 344 g/mol. The fourth-order valence-electron chi connectivity index (χ4n) is 3.33. The van der Waals surface area contributed by atoms with Gasteiger partial charge in [-0.3, -0.25) is 4.68 Å². The molecule has 0 spiro atoms. The first-order chi connectivity index (χ1) is 9.01. The largest absolute Gasteiger partial charge is 0.386 e. The molecular weight excluding hydrogens is 320 g/mol. The maximum atomic E-state index is 11.2. The van der Waals surface area contributed by atoms with Gasteiger partial charge in [0.25, 0.3) is 0 Å². The van der Waals surface area contributed by atoms with E-state index in [4.69, 9.17) is 4.74 Å². The molecule has 0 aromatic carbocycles. The Morgan fingerprint density at radius 1 is 1.35 bits per heavy atom. The summed E-state index contributed by atoms with van der Waals surface area (Å²) in [4.78, 5) is 0. The maximum absolute atomic E-state index is 11.2. The van der Waals surface area contributed by atoms with Gasteiger partial charge in [-0.15, -0.1) is 0 Å². The van der Waals surface area contributed by atoms with E-state index in [0.29, 0.717) is 12.8 Å². The smallest absolute Gasteiger partial charge is 0.101 e. The van der Waals surface area contributed by atoms with Gasteiger partial charge in [0, 0.05) is 19.4 Å². The van der Waals surface area contributed by atoms with Gasteiger partial charge in [-0.1, -0.05) is 0 Å². The molecule has 1 aromatic heterocycles. The van der Waals surface area contributed by atoms with Crippen molar-refractivity contribution in [3.05, 3.63) is 15.9 Å². The molecule has 114 valence electrons. The van der Waals surface area contributed by atoms with E-state index in [9.17, 15) is 5.11 Å². The van der Waals surface area contributed by atoms with Crippen LogP contribution in [0.2, 0.25) is 0 Å². The molecule has 2 heterocycles. The predicted octanol–water partition coefficient (Wildman–Crippen LogP) is 3.23. The van der Waals surface area contributed by atoms with Gasteiger partial charge < -0.3 is 9.84 Å². The van der Waals surface area contributed by atoms with E-state index >= 15 is 0 Å². The van der Waals surface area contributed by atoms with Gasteiger partial charge in [-0.2, -0.15) is 5.10 Å². The molecule has 1 aliphatic rings. The van der Waals surface area contributed by atoms with E-state index in [0.717, 1.165) is 22.4 Å². The van der Waals surface area contributed by atoms with Crippen molar-refractivity contribution in [2.75, 3.05) is 0 Å². The van der Waals surface area contributed by atoms with E-state index in [1.807, 2.05) is 39.3 Å². The number of aryl methyl sites for hydroxylation is 2. The molecule has 4 nitrogen and oxygen atoms in total. The van der Waals surface area contributed by atoms with Crippen LogP contribution in [0.25, 0.3) is 0 Å². The molecule has 0 bridgehead atoms. The zero-order valence-electron chi connectivity index (χ0n) is 13.2. The molecule has 1 N–H and O–H groups in total. The van der Waals surface area contributed by atoms with Crippen LogP contribution in [0, 0.1) is 6.92 Å². The van der Waals surface area contributed by atoms with Crippen LogP contribution in [0.15, 0.2) is 4.47 Å². The topological polar surface area (TPSA) is 47.3 Å². The zero-order valence-corrected chi connectivity index (χ0v) is 14.8. The summed E-state index contributed by atoms with van der Waals surface area (Å²) >= 11 is 3.60. The first-order valence-electron chi connectivity index (χ1n) is 7.16. The molecular formula is C15H25BrN2O2. The summed E-state index contributed by atoms with van der Waals surface area (Å²) < 4.78 is 9.00. The van der Waals surface area contributed by atoms with Gasteiger partial charge in [-0.05, 0) is 57.5 Å². The summed E-state index contributed by atoms with van der Waals surface area (Å²) in [5.41, 5.74) is 0.227. The lowest BCUT2D eigenvalue weighted by Crippen LogP contribution is -2.48. The number of rotatable bonds is 3. The molecule has 1 atom stereocenters. The Morgan fingerprint density at radius 3 is 2.40 bits per heavy atom. The van der Waals surface area contributed by atoms with Crippen molar-refractivity contribution >= 4 is 15.9 Å². The van der Waals surface area contributed by atoms with Crippen molar-refractivity contribution in [1.29, 1.82) is 0 Å². The Balaban J connectivity index is 2.39. The van der Waals surface area contributed by atoms with Crippen LogP contribution in [0.1, 0.15) is 52.4 Å². The van der Waals surface area contributed by atoms with Crippen molar-refractivity contribution in [1.82, 2.24) is 9.78 Å². The Hall–Kier alpha value is -0.390. The number of ether oxygens (including phenoxy) is 1. The zero-order chi connectivity index (χ0) is 15.3. The maximum Gasteiger partial charge on any atom is 0.101 e. The summed E-state index contributed by atoms with van der Waals surface area (Å²) in [5, 5.41) is 15.7. The predicted molar refractivity (Wildman–Crippen MR) is 82.9 cm³/mol. The van der Waals surface area contributed by atoms with Crippen molar-refractivity contribution in [2.24, 2.45) is 0 Å². The van der Waals surface area contributed by atoms with Gasteiger partial charge in [0.2, 0.25) is 0 Å². The standard InChI is InChI=1S/C15H25BrN2O2/c1-7-18-11(12(16)10(2)17-18)8-15(19)9-13(3,4)20-14(15,5)6/h19H,7-9H2,1-6H3. The van der Waals surface area contributed by atoms with Crippen LogP contribution >= 0.6 is 15.9 Å². The lowest BCUT2D eigenvalue weighted by molar-refractivity contribution is -0.126. The normalized spacial score (nSPS) is 28.0. The van der Waals surface area contributed by atoms with Crippen LogP contribution in [-0.4, -0.2) is 31.7 Å². The Labute approximate surface area is 129 Å². The van der Waals surface area contributed by atoms with Crippen LogP contribution in [0.4, 0.5) is 0 Å². The molecule has 0 saturated carbocycles. The lowest BCUT2D eigenvalue weighted by atomic mass is 9.79. The Morgan fingerprint density at radius 2 is 1.95 bits per heavy atom. The highest BCUT2D eigenvalue weighted by molar-refractivity contribution is 9.10. The highest BCUT2D eigenvalue weighted by atomic mass is 79.9. The van der Waals surface area contributed by atoms with E-state index in [-0.39, 0.29) is 5.60 Å². The van der Waals surface area contributed by atoms with Crippen LogP contribution in [0.3, 0.4) is 0 Å². The molecule has 1 unspecified atom stereocenters. The molecule has 0 aliphatic carbocycles. The van der Waals surface area contributed by atoms with Crippen LogP contribution in [-0.2, 0) is 17.7 Å². The van der Waals surface area contributed by atoms with E-state index < -0.39 is 11.2 Å². The number of aromatic nitrogens is 2. The van der Waals surface area contributed by atoms with Gasteiger partial charge in [0.15, 0.2) is 0 Å². The first-order valence-corrected chi connectivity index (χ1v) is 7.95. The van der Waals surface area contributed by atoms with E-state index in [1.54, 1.807) is 0 Å². The Bertz CT molecular complexity index is 522. The second-order valence-electron chi connectivity index (χ2n) is 6.92. The second kappa shape index (κ2) is 4.82. The number of nitrogens with zero attached hydrogens (tertiary/aromatic N) is 2. The molecule has 1 aliphatic heterocycles. The second-order valence-corrected chi connectivity index (χ2v) is 7.71. The van der Waals surface area contributed by atoms with Crippen LogP contribution in [0.5, 0.6) is 0 Å². The summed E-state index contributed by atoms with van der Waals surface area (Å²) in [6.45, 7) is 12.8. The quantitative estimate of drug-likeness (QED) is 0.915. The number of halogens is 1. The highest BCUT2D eigenvalue weighted by Gasteiger charge is 2.56.